The molecule has 1 heterocycles. The van der Waals surface area contributed by atoms with Crippen molar-refractivity contribution in [3.63, 3.8) is 0 Å². The molecule has 0 atom stereocenters. The van der Waals surface area contributed by atoms with Crippen LogP contribution in [0.15, 0.2) is 0 Å². The van der Waals surface area contributed by atoms with Crippen LogP contribution in [-0.2, 0) is 9.53 Å². The van der Waals surface area contributed by atoms with E-state index in [2.05, 4.69) is 9.69 Å². The number of nitrogens with zero attached hydrogens (tertiary/aromatic N) is 1. The quantitative estimate of drug-likeness (QED) is 0.706. The number of ether oxygens (including phenoxy) is 1. The van der Waals surface area contributed by atoms with Crippen molar-refractivity contribution in [1.29, 1.82) is 0 Å². The maximum atomic E-state index is 11.9. The lowest BCUT2D eigenvalue weighted by atomic mass is 9.85. The second kappa shape index (κ2) is 6.75. The second-order valence-electron chi connectivity index (χ2n) is 5.09. The molecule has 1 fully saturated rings. The summed E-state index contributed by atoms with van der Waals surface area (Å²) in [5, 5.41) is 3.93. The van der Waals surface area contributed by atoms with Gasteiger partial charge in [0.15, 0.2) is 5.82 Å². The van der Waals surface area contributed by atoms with Gasteiger partial charge in [-0.05, 0) is 44.1 Å². The fourth-order valence-electron chi connectivity index (χ4n) is 2.51. The Bertz CT molecular complexity index is 523. The number of nitrogen functional groups attached to an aromatic ring is 1. The lowest BCUT2D eigenvalue weighted by molar-refractivity contribution is -0.122. The van der Waals surface area contributed by atoms with Crippen LogP contribution in [0.5, 0.6) is 0 Å². The van der Waals surface area contributed by atoms with E-state index in [0.29, 0.717) is 10.6 Å². The van der Waals surface area contributed by atoms with Crippen molar-refractivity contribution in [2.45, 2.75) is 38.6 Å². The smallest absolute Gasteiger partial charge is 0.344 e. The van der Waals surface area contributed by atoms with Crippen LogP contribution in [0.3, 0.4) is 0 Å². The van der Waals surface area contributed by atoms with Crippen molar-refractivity contribution in [3.05, 3.63) is 5.56 Å². The van der Waals surface area contributed by atoms with Crippen LogP contribution in [0.1, 0.15) is 43.0 Å². The van der Waals surface area contributed by atoms with Crippen LogP contribution in [0, 0.1) is 5.92 Å². The minimum absolute atomic E-state index is 0.0425. The molecule has 8 heteroatoms. The van der Waals surface area contributed by atoms with Gasteiger partial charge < -0.3 is 21.5 Å². The number of carbonyl (C=O) groups excluding carboxylic acids is 2. The molecule has 0 aromatic carbocycles. The third-order valence-electron chi connectivity index (χ3n) is 3.66. The summed E-state index contributed by atoms with van der Waals surface area (Å²) >= 11 is 1.15. The minimum atomic E-state index is -0.461. The largest absolute Gasteiger partial charge is 0.462 e. The molecule has 2 rings (SSSR count). The first-order valence-electron chi connectivity index (χ1n) is 7.01. The first kappa shape index (κ1) is 15.6. The number of hydrogen-bond donors (Lipinski definition) is 3. The topological polar surface area (TPSA) is 120 Å². The molecule has 21 heavy (non-hydrogen) atoms. The fraction of sp³-hybridized carbons (Fsp3) is 0.615. The van der Waals surface area contributed by atoms with Crippen molar-refractivity contribution in [1.82, 2.24) is 4.37 Å². The zero-order chi connectivity index (χ0) is 15.4. The van der Waals surface area contributed by atoms with Gasteiger partial charge >= 0.3 is 5.97 Å². The zero-order valence-electron chi connectivity index (χ0n) is 11.9. The van der Waals surface area contributed by atoms with Crippen LogP contribution >= 0.6 is 11.5 Å². The molecule has 5 N–H and O–H groups in total. The molecule has 1 aliphatic rings. The Labute approximate surface area is 127 Å². The average Bonchev–Trinajstić information content (AvgIpc) is 2.80. The number of rotatable bonds is 5. The molecule has 0 saturated heterocycles. The van der Waals surface area contributed by atoms with Crippen molar-refractivity contribution >= 4 is 34.2 Å². The average molecular weight is 312 g/mol. The molecule has 0 bridgehead atoms. The number of primary amides is 1. The Morgan fingerprint density at radius 2 is 2.05 bits per heavy atom. The van der Waals surface area contributed by atoms with E-state index in [-0.39, 0.29) is 30.3 Å². The zero-order valence-corrected chi connectivity index (χ0v) is 12.7. The summed E-state index contributed by atoms with van der Waals surface area (Å²) in [6, 6.07) is 0.189. The van der Waals surface area contributed by atoms with E-state index in [1.807, 2.05) is 0 Å². The highest BCUT2D eigenvalue weighted by Crippen LogP contribution is 2.32. The Kier molecular flexibility index (Phi) is 5.00. The number of aromatic nitrogens is 1. The van der Waals surface area contributed by atoms with E-state index in [4.69, 9.17) is 16.2 Å². The van der Waals surface area contributed by atoms with Gasteiger partial charge in [0.25, 0.3) is 0 Å². The van der Waals surface area contributed by atoms with Gasteiger partial charge in [-0.3, -0.25) is 4.79 Å². The van der Waals surface area contributed by atoms with Gasteiger partial charge in [0.1, 0.15) is 10.6 Å². The highest BCUT2D eigenvalue weighted by molar-refractivity contribution is 7.11. The summed E-state index contributed by atoms with van der Waals surface area (Å²) in [6.07, 6.45) is 3.17. The standard InChI is InChI=1S/C13H20N4O3S/c1-2-20-13(19)9-10(14)17-21-12(9)16-8-5-3-7(4-6-8)11(15)18/h7-8,16H,2-6H2,1H3,(H2,14,17)(H2,15,18). The number of nitrogens with one attached hydrogen (secondary N) is 1. The van der Waals surface area contributed by atoms with E-state index >= 15 is 0 Å². The van der Waals surface area contributed by atoms with E-state index in [1.165, 1.54) is 0 Å². The number of carbonyl (C=O) groups is 2. The highest BCUT2D eigenvalue weighted by atomic mass is 32.1. The molecule has 0 unspecified atom stereocenters. The number of nitrogens with two attached hydrogens (primary N) is 2. The third kappa shape index (κ3) is 3.63. The van der Waals surface area contributed by atoms with E-state index < -0.39 is 5.97 Å². The number of amides is 1. The van der Waals surface area contributed by atoms with E-state index in [9.17, 15) is 9.59 Å². The molecule has 0 radical (unpaired) electrons. The lowest BCUT2D eigenvalue weighted by Crippen LogP contribution is -2.32. The van der Waals surface area contributed by atoms with Crippen molar-refractivity contribution in [2.24, 2.45) is 11.7 Å². The summed E-state index contributed by atoms with van der Waals surface area (Å²) in [4.78, 5) is 23.0. The van der Waals surface area contributed by atoms with E-state index in [0.717, 1.165) is 37.2 Å². The number of esters is 1. The van der Waals surface area contributed by atoms with Gasteiger partial charge in [-0.25, -0.2) is 4.79 Å². The molecule has 0 aliphatic heterocycles. The summed E-state index contributed by atoms with van der Waals surface area (Å²) < 4.78 is 9.00. The first-order chi connectivity index (χ1) is 10.0. The van der Waals surface area contributed by atoms with Gasteiger partial charge in [0.2, 0.25) is 5.91 Å². The molecule has 1 aromatic rings. The van der Waals surface area contributed by atoms with Gasteiger partial charge in [-0.15, -0.1) is 0 Å². The monoisotopic (exact) mass is 312 g/mol. The summed E-state index contributed by atoms with van der Waals surface area (Å²) in [5.74, 6) is -0.550. The molecular formula is C13H20N4O3S. The Balaban J connectivity index is 2.01. The SMILES string of the molecule is CCOC(=O)c1c(N)nsc1NC1CCC(C(N)=O)CC1. The van der Waals surface area contributed by atoms with Gasteiger partial charge in [0, 0.05) is 12.0 Å². The molecule has 0 spiro atoms. The number of hydrogen-bond acceptors (Lipinski definition) is 7. The summed E-state index contributed by atoms with van der Waals surface area (Å²) in [5.41, 5.74) is 11.4. The molecule has 1 saturated carbocycles. The Hall–Kier alpha value is -1.83. The van der Waals surface area contributed by atoms with Gasteiger partial charge in [0.05, 0.1) is 6.61 Å². The molecule has 1 aliphatic carbocycles. The number of anilines is 2. The predicted molar refractivity (Wildman–Crippen MR) is 81.0 cm³/mol. The van der Waals surface area contributed by atoms with Crippen LogP contribution < -0.4 is 16.8 Å². The van der Waals surface area contributed by atoms with E-state index in [1.54, 1.807) is 6.92 Å². The predicted octanol–water partition coefficient (Wildman–Crippen LogP) is 1.36. The molecular weight excluding hydrogens is 292 g/mol. The Morgan fingerprint density at radius 1 is 1.38 bits per heavy atom. The third-order valence-corrected chi connectivity index (χ3v) is 4.46. The van der Waals surface area contributed by atoms with Gasteiger partial charge in [-0.1, -0.05) is 0 Å². The van der Waals surface area contributed by atoms with Crippen molar-refractivity contribution in [2.75, 3.05) is 17.7 Å². The second-order valence-corrected chi connectivity index (χ2v) is 5.86. The van der Waals surface area contributed by atoms with Crippen LogP contribution in [0.4, 0.5) is 10.8 Å². The molecule has 1 amide bonds. The molecule has 116 valence electrons. The molecule has 7 nitrogen and oxygen atoms in total. The fourth-order valence-corrected chi connectivity index (χ4v) is 3.29. The lowest BCUT2D eigenvalue weighted by Gasteiger charge is -2.27. The maximum absolute atomic E-state index is 11.9. The van der Waals surface area contributed by atoms with Crippen LogP contribution in [0.25, 0.3) is 0 Å². The van der Waals surface area contributed by atoms with Crippen molar-refractivity contribution < 1.29 is 14.3 Å². The van der Waals surface area contributed by atoms with Gasteiger partial charge in [-0.2, -0.15) is 4.37 Å². The first-order valence-corrected chi connectivity index (χ1v) is 7.78. The minimum Gasteiger partial charge on any atom is -0.462 e. The normalized spacial score (nSPS) is 21.8. The maximum Gasteiger partial charge on any atom is 0.344 e. The summed E-state index contributed by atoms with van der Waals surface area (Å²) in [7, 11) is 0. The Morgan fingerprint density at radius 3 is 2.62 bits per heavy atom. The summed E-state index contributed by atoms with van der Waals surface area (Å²) in [6.45, 7) is 2.03. The van der Waals surface area contributed by atoms with Crippen LogP contribution in [-0.4, -0.2) is 28.9 Å². The molecule has 1 aromatic heterocycles. The highest BCUT2D eigenvalue weighted by Gasteiger charge is 2.27. The van der Waals surface area contributed by atoms with Crippen LogP contribution in [0.2, 0.25) is 0 Å². The van der Waals surface area contributed by atoms with Crippen molar-refractivity contribution in [3.8, 4) is 0 Å².